The van der Waals surface area contributed by atoms with Crippen LogP contribution in [0.15, 0.2) is 12.1 Å². The predicted molar refractivity (Wildman–Crippen MR) is 53.6 cm³/mol. The molecule has 1 aromatic rings. The van der Waals surface area contributed by atoms with E-state index >= 15 is 0 Å². The van der Waals surface area contributed by atoms with Crippen LogP contribution in [0, 0.1) is 0 Å². The van der Waals surface area contributed by atoms with Gasteiger partial charge in [-0.15, -0.1) is 0 Å². The number of halogens is 1. The third kappa shape index (κ3) is 4.63. The Morgan fingerprint density at radius 3 is 2.87 bits per heavy atom. The van der Waals surface area contributed by atoms with Gasteiger partial charge < -0.3 is 15.5 Å². The van der Waals surface area contributed by atoms with Crippen LogP contribution < -0.4 is 0 Å². The molecule has 1 N–H and O–H groups in total. The van der Waals surface area contributed by atoms with Crippen LogP contribution in [0.25, 0.3) is 5.73 Å². The molecule has 0 saturated carbocycles. The number of ether oxygens (including phenoxy) is 1. The molecule has 0 aliphatic carbocycles. The topological polar surface area (TPSA) is 63.0 Å². The van der Waals surface area contributed by atoms with E-state index in [9.17, 15) is 4.79 Å². The van der Waals surface area contributed by atoms with Crippen LogP contribution >= 0.6 is 11.6 Å². The van der Waals surface area contributed by atoms with Gasteiger partial charge in [-0.1, -0.05) is 23.5 Å². The Balaban J connectivity index is 0.00000196. The van der Waals surface area contributed by atoms with Gasteiger partial charge in [0, 0.05) is 26.1 Å². The van der Waals surface area contributed by atoms with Crippen molar-refractivity contribution < 1.29 is 30.6 Å². The molecule has 0 bridgehead atoms. The van der Waals surface area contributed by atoms with E-state index in [1.54, 1.807) is 13.0 Å². The molecule has 0 atom stereocenters. The monoisotopic (exact) mass is 397 g/mol. The molecule has 0 radical (unpaired) electrons. The number of hydrogen-bond donors (Lipinski definition) is 0. The first-order chi connectivity index (χ1) is 6.63. The van der Waals surface area contributed by atoms with Crippen molar-refractivity contribution in [3.8, 4) is 0 Å². The maximum atomic E-state index is 11.1. The molecule has 0 aliphatic heterocycles. The molecule has 0 amide bonds. The Hall–Kier alpha value is -0.602. The molecule has 1 heterocycles. The summed E-state index contributed by atoms with van der Waals surface area (Å²) in [4.78, 5) is 14.9. The van der Waals surface area contributed by atoms with Crippen molar-refractivity contribution in [3.63, 3.8) is 0 Å². The number of carbonyl (C=O) groups is 1. The fraction of sp³-hybridized carbons (Fsp3) is 0.333. The number of rotatable bonds is 3. The summed E-state index contributed by atoms with van der Waals surface area (Å²) in [6, 6.07) is 3.02. The van der Waals surface area contributed by atoms with Gasteiger partial charge in [-0.3, -0.25) is 4.79 Å². The van der Waals surface area contributed by atoms with Crippen molar-refractivity contribution in [2.45, 2.75) is 13.3 Å². The third-order valence-corrected chi connectivity index (χ3v) is 1.88. The number of nitrogens with one attached hydrogen (secondary N) is 1. The summed E-state index contributed by atoms with van der Waals surface area (Å²) in [5, 5.41) is 0.383. The van der Waals surface area contributed by atoms with Crippen LogP contribution in [0.2, 0.25) is 5.02 Å². The fourth-order valence-corrected chi connectivity index (χ4v) is 1.13. The van der Waals surface area contributed by atoms with E-state index in [1.807, 2.05) is 0 Å². The van der Waals surface area contributed by atoms with Gasteiger partial charge in [0.2, 0.25) is 0 Å². The van der Waals surface area contributed by atoms with Gasteiger partial charge in [0.15, 0.2) is 0 Å². The first-order valence-corrected chi connectivity index (χ1v) is 4.54. The second-order valence-corrected chi connectivity index (χ2v) is 3.01. The van der Waals surface area contributed by atoms with Gasteiger partial charge >= 0.3 is 5.97 Å². The second-order valence-electron chi connectivity index (χ2n) is 2.61. The predicted octanol–water partition coefficient (Wildman–Crippen LogP) is 2.52. The summed E-state index contributed by atoms with van der Waals surface area (Å²) in [6.45, 7) is 2.06. The summed E-state index contributed by atoms with van der Waals surface area (Å²) in [5.41, 5.74) is 7.64. The van der Waals surface area contributed by atoms with Crippen LogP contribution in [0.3, 0.4) is 0 Å². The van der Waals surface area contributed by atoms with Crippen molar-refractivity contribution >= 4 is 23.4 Å². The normalized spacial score (nSPS) is 9.20. The average molecular weight is 397 g/mol. The van der Waals surface area contributed by atoms with E-state index in [1.165, 1.54) is 6.07 Å². The molecule has 0 saturated heterocycles. The Labute approximate surface area is 107 Å². The van der Waals surface area contributed by atoms with Crippen molar-refractivity contribution in [1.82, 2.24) is 4.98 Å². The van der Waals surface area contributed by atoms with E-state index in [0.29, 0.717) is 17.3 Å². The summed E-state index contributed by atoms with van der Waals surface area (Å²) in [6.07, 6.45) is 0.0133. The SMILES string of the molecule is CCOC(=O)Cc1nc([NH-])ccc1Cl.[W]. The van der Waals surface area contributed by atoms with Crippen molar-refractivity contribution in [2.75, 3.05) is 6.61 Å². The molecule has 4 nitrogen and oxygen atoms in total. The summed E-state index contributed by atoms with van der Waals surface area (Å²) in [7, 11) is 0. The third-order valence-electron chi connectivity index (χ3n) is 1.54. The second kappa shape index (κ2) is 6.80. The Morgan fingerprint density at radius 1 is 1.60 bits per heavy atom. The van der Waals surface area contributed by atoms with Crippen molar-refractivity contribution in [2.24, 2.45) is 0 Å². The van der Waals surface area contributed by atoms with E-state index in [2.05, 4.69) is 4.98 Å². The van der Waals surface area contributed by atoms with Gasteiger partial charge in [-0.2, -0.15) is 0 Å². The zero-order valence-electron chi connectivity index (χ0n) is 8.12. The first kappa shape index (κ1) is 14.4. The molecule has 0 spiro atoms. The van der Waals surface area contributed by atoms with Gasteiger partial charge in [-0.25, -0.2) is 0 Å². The number of hydrogen-bond acceptors (Lipinski definition) is 3. The average Bonchev–Trinajstić information content (AvgIpc) is 2.12. The molecule has 0 aromatic carbocycles. The van der Waals surface area contributed by atoms with Crippen molar-refractivity contribution in [1.29, 1.82) is 0 Å². The molecule has 1 rings (SSSR count). The maximum absolute atomic E-state index is 11.1. The molecule has 15 heavy (non-hydrogen) atoms. The van der Waals surface area contributed by atoms with Crippen LogP contribution in [0.5, 0.6) is 0 Å². The van der Waals surface area contributed by atoms with E-state index in [0.717, 1.165) is 0 Å². The Bertz CT molecular complexity index is 347. The minimum Gasteiger partial charge on any atom is -0.482 e. The van der Waals surface area contributed by atoms with Gasteiger partial charge in [0.05, 0.1) is 13.0 Å². The van der Waals surface area contributed by atoms with Gasteiger partial charge in [-0.05, 0) is 18.7 Å². The fourth-order valence-electron chi connectivity index (χ4n) is 0.957. The van der Waals surface area contributed by atoms with Gasteiger partial charge in [0.1, 0.15) is 0 Å². The van der Waals surface area contributed by atoms with Gasteiger partial charge in [0.25, 0.3) is 0 Å². The first-order valence-electron chi connectivity index (χ1n) is 4.16. The number of carbonyl (C=O) groups excluding carboxylic acids is 1. The van der Waals surface area contributed by atoms with E-state index in [4.69, 9.17) is 22.1 Å². The largest absolute Gasteiger partial charge is 0.482 e. The Kier molecular flexibility index (Phi) is 6.53. The zero-order chi connectivity index (χ0) is 10.6. The molecule has 1 aromatic heterocycles. The van der Waals surface area contributed by atoms with Crippen LogP contribution in [0.1, 0.15) is 12.6 Å². The molecule has 0 unspecified atom stereocenters. The molecular formula is C9H10ClN2O2W-. The van der Waals surface area contributed by atoms with E-state index in [-0.39, 0.29) is 39.3 Å². The zero-order valence-corrected chi connectivity index (χ0v) is 11.8. The molecule has 0 fully saturated rings. The smallest absolute Gasteiger partial charge is 0.309 e. The maximum Gasteiger partial charge on any atom is 0.309 e. The Morgan fingerprint density at radius 2 is 2.27 bits per heavy atom. The van der Waals surface area contributed by atoms with Crippen LogP contribution in [-0.4, -0.2) is 17.6 Å². The number of pyridine rings is 1. The summed E-state index contributed by atoms with van der Waals surface area (Å²) in [5.74, 6) is -0.291. The number of nitrogens with zero attached hydrogens (tertiary/aromatic N) is 1. The minimum atomic E-state index is -0.382. The molecular weight excluding hydrogens is 387 g/mol. The summed E-state index contributed by atoms with van der Waals surface area (Å²) < 4.78 is 4.74. The van der Waals surface area contributed by atoms with Crippen LogP contribution in [-0.2, 0) is 37.0 Å². The van der Waals surface area contributed by atoms with Crippen molar-refractivity contribution in [3.05, 3.63) is 28.6 Å². The molecule has 82 valence electrons. The number of esters is 1. The minimum absolute atomic E-state index is 0. The quantitative estimate of drug-likeness (QED) is 0.737. The standard InChI is InChI=1S/C9H10ClN2O2.W/c1-2-14-9(13)5-7-6(10)3-4-8(11)12-7;/h3-4H,2,5H2,1H3,(H-,11,12);/q-1;. The molecule has 6 heteroatoms. The number of aromatic nitrogens is 1. The summed E-state index contributed by atoms with van der Waals surface area (Å²) >= 11 is 5.79. The van der Waals surface area contributed by atoms with Crippen LogP contribution in [0.4, 0.5) is 5.82 Å². The molecule has 0 aliphatic rings. The van der Waals surface area contributed by atoms with E-state index < -0.39 is 0 Å².